The average Bonchev–Trinajstić information content (AvgIpc) is 2.30. The lowest BCUT2D eigenvalue weighted by Crippen LogP contribution is -2.36. The van der Waals surface area contributed by atoms with E-state index >= 15 is 0 Å². The second kappa shape index (κ2) is 6.25. The van der Waals surface area contributed by atoms with Gasteiger partial charge in [-0.1, -0.05) is 19.3 Å². The first kappa shape index (κ1) is 13.5. The average molecular weight is 222 g/mol. The molecule has 1 atom stereocenters. The number of rotatable bonds is 5. The van der Waals surface area contributed by atoms with Crippen LogP contribution in [-0.4, -0.2) is 12.6 Å². The van der Waals surface area contributed by atoms with Crippen LogP contribution in [0.3, 0.4) is 0 Å². The third-order valence-electron chi connectivity index (χ3n) is 3.88. The highest BCUT2D eigenvalue weighted by Crippen LogP contribution is 2.26. The van der Waals surface area contributed by atoms with E-state index in [1.807, 2.05) is 13.8 Å². The van der Waals surface area contributed by atoms with Gasteiger partial charge in [0.2, 0.25) is 0 Å². The molecule has 0 spiro atoms. The third-order valence-corrected chi connectivity index (χ3v) is 3.88. The van der Waals surface area contributed by atoms with Crippen LogP contribution in [0.2, 0.25) is 0 Å². The van der Waals surface area contributed by atoms with E-state index in [4.69, 9.17) is 5.26 Å². The predicted octanol–water partition coefficient (Wildman–Crippen LogP) is 3.48. The first-order valence-corrected chi connectivity index (χ1v) is 6.70. The second-order valence-electron chi connectivity index (χ2n) is 5.89. The highest BCUT2D eigenvalue weighted by Gasteiger charge is 2.21. The summed E-state index contributed by atoms with van der Waals surface area (Å²) < 4.78 is 0. The molecule has 1 rings (SSSR count). The van der Waals surface area contributed by atoms with Crippen LogP contribution < -0.4 is 5.32 Å². The van der Waals surface area contributed by atoms with Gasteiger partial charge in [0, 0.05) is 6.04 Å². The zero-order valence-electron chi connectivity index (χ0n) is 11.1. The van der Waals surface area contributed by atoms with Gasteiger partial charge in [-0.2, -0.15) is 5.26 Å². The van der Waals surface area contributed by atoms with E-state index in [1.165, 1.54) is 32.1 Å². The molecule has 0 radical (unpaired) electrons. The molecular weight excluding hydrogens is 196 g/mol. The van der Waals surface area contributed by atoms with Crippen LogP contribution >= 0.6 is 0 Å². The van der Waals surface area contributed by atoms with E-state index in [0.717, 1.165) is 18.9 Å². The van der Waals surface area contributed by atoms with Crippen molar-refractivity contribution in [2.75, 3.05) is 6.54 Å². The molecule has 1 aliphatic rings. The summed E-state index contributed by atoms with van der Waals surface area (Å²) in [4.78, 5) is 0. The van der Waals surface area contributed by atoms with Gasteiger partial charge in [0.25, 0.3) is 0 Å². The van der Waals surface area contributed by atoms with Gasteiger partial charge in [-0.25, -0.2) is 0 Å². The van der Waals surface area contributed by atoms with Crippen molar-refractivity contribution in [2.24, 2.45) is 11.3 Å². The molecule has 2 nitrogen and oxygen atoms in total. The summed E-state index contributed by atoms with van der Waals surface area (Å²) in [6.45, 7) is 7.30. The van der Waals surface area contributed by atoms with Gasteiger partial charge in [-0.3, -0.25) is 0 Å². The van der Waals surface area contributed by atoms with Crippen molar-refractivity contribution in [1.82, 2.24) is 5.32 Å². The molecule has 1 aliphatic carbocycles. The SMILES string of the molecule is C[C@H](NCCC(C)(C)C#N)C1CCCCC1. The molecule has 1 N–H and O–H groups in total. The molecule has 92 valence electrons. The van der Waals surface area contributed by atoms with E-state index in [-0.39, 0.29) is 5.41 Å². The number of nitrogens with zero attached hydrogens (tertiary/aromatic N) is 1. The van der Waals surface area contributed by atoms with Crippen molar-refractivity contribution in [2.45, 2.75) is 65.3 Å². The largest absolute Gasteiger partial charge is 0.314 e. The highest BCUT2D eigenvalue weighted by molar-refractivity contribution is 4.92. The molecule has 0 heterocycles. The lowest BCUT2D eigenvalue weighted by atomic mass is 9.84. The van der Waals surface area contributed by atoms with E-state index < -0.39 is 0 Å². The fourth-order valence-electron chi connectivity index (χ4n) is 2.47. The molecule has 0 aliphatic heterocycles. The number of nitrogens with one attached hydrogen (secondary N) is 1. The Morgan fingerprint density at radius 3 is 2.50 bits per heavy atom. The molecule has 0 amide bonds. The fraction of sp³-hybridized carbons (Fsp3) is 0.929. The molecule has 0 bridgehead atoms. The second-order valence-corrected chi connectivity index (χ2v) is 5.89. The van der Waals surface area contributed by atoms with E-state index in [1.54, 1.807) is 0 Å². The van der Waals surface area contributed by atoms with Gasteiger partial charge in [-0.05, 0) is 52.5 Å². The van der Waals surface area contributed by atoms with Gasteiger partial charge in [0.05, 0.1) is 11.5 Å². The molecule has 1 saturated carbocycles. The van der Waals surface area contributed by atoms with Crippen LogP contribution in [0.25, 0.3) is 0 Å². The lowest BCUT2D eigenvalue weighted by Gasteiger charge is -2.29. The zero-order chi connectivity index (χ0) is 12.0. The van der Waals surface area contributed by atoms with Crippen LogP contribution in [-0.2, 0) is 0 Å². The van der Waals surface area contributed by atoms with Crippen molar-refractivity contribution in [3.8, 4) is 6.07 Å². The highest BCUT2D eigenvalue weighted by atomic mass is 14.9. The van der Waals surface area contributed by atoms with E-state index in [0.29, 0.717) is 6.04 Å². The molecule has 16 heavy (non-hydrogen) atoms. The van der Waals surface area contributed by atoms with Gasteiger partial charge in [0.1, 0.15) is 0 Å². The molecule has 0 saturated heterocycles. The Morgan fingerprint density at radius 1 is 1.31 bits per heavy atom. The van der Waals surface area contributed by atoms with Crippen LogP contribution in [0.5, 0.6) is 0 Å². The Labute approximate surface area is 100 Å². The molecule has 0 aromatic rings. The Bertz CT molecular complexity index is 234. The van der Waals surface area contributed by atoms with Gasteiger partial charge in [-0.15, -0.1) is 0 Å². The van der Waals surface area contributed by atoms with Gasteiger partial charge >= 0.3 is 0 Å². The van der Waals surface area contributed by atoms with Crippen molar-refractivity contribution in [3.63, 3.8) is 0 Å². The van der Waals surface area contributed by atoms with E-state index in [9.17, 15) is 0 Å². The third kappa shape index (κ3) is 4.53. The monoisotopic (exact) mass is 222 g/mol. The molecule has 0 unspecified atom stereocenters. The summed E-state index contributed by atoms with van der Waals surface area (Å²) in [5.41, 5.74) is -0.181. The van der Waals surface area contributed by atoms with E-state index in [2.05, 4.69) is 18.3 Å². The Kier molecular flexibility index (Phi) is 5.28. The van der Waals surface area contributed by atoms with Gasteiger partial charge < -0.3 is 5.32 Å². The number of hydrogen-bond donors (Lipinski definition) is 1. The predicted molar refractivity (Wildman–Crippen MR) is 68.1 cm³/mol. The Balaban J connectivity index is 2.19. The standard InChI is InChI=1S/C14H26N2/c1-12(13-7-5-4-6-8-13)16-10-9-14(2,3)11-15/h12-13,16H,4-10H2,1-3H3/t12-/m0/s1. The summed E-state index contributed by atoms with van der Waals surface area (Å²) >= 11 is 0. The van der Waals surface area contributed by atoms with Crippen LogP contribution in [0.15, 0.2) is 0 Å². The van der Waals surface area contributed by atoms with Crippen LogP contribution in [0.4, 0.5) is 0 Å². The van der Waals surface area contributed by atoms with Crippen LogP contribution in [0.1, 0.15) is 59.3 Å². The van der Waals surface area contributed by atoms with Crippen molar-refractivity contribution in [3.05, 3.63) is 0 Å². The summed E-state index contributed by atoms with van der Waals surface area (Å²) in [6, 6.07) is 2.97. The number of hydrogen-bond acceptors (Lipinski definition) is 2. The Morgan fingerprint density at radius 2 is 1.94 bits per heavy atom. The molecule has 1 fully saturated rings. The molecule has 0 aromatic carbocycles. The fourth-order valence-corrected chi connectivity index (χ4v) is 2.47. The zero-order valence-corrected chi connectivity index (χ0v) is 11.1. The first-order valence-electron chi connectivity index (χ1n) is 6.70. The minimum Gasteiger partial charge on any atom is -0.314 e. The molecule has 0 aromatic heterocycles. The van der Waals surface area contributed by atoms with Crippen molar-refractivity contribution >= 4 is 0 Å². The minimum atomic E-state index is -0.181. The van der Waals surface area contributed by atoms with Gasteiger partial charge in [0.15, 0.2) is 0 Å². The smallest absolute Gasteiger partial charge is 0.0684 e. The normalized spacial score (nSPS) is 20.4. The molecular formula is C14H26N2. The Hall–Kier alpha value is -0.550. The van der Waals surface area contributed by atoms with Crippen molar-refractivity contribution in [1.29, 1.82) is 5.26 Å². The lowest BCUT2D eigenvalue weighted by molar-refractivity contribution is 0.274. The minimum absolute atomic E-state index is 0.181. The summed E-state index contributed by atoms with van der Waals surface area (Å²) in [5.74, 6) is 0.860. The topological polar surface area (TPSA) is 35.8 Å². The quantitative estimate of drug-likeness (QED) is 0.773. The van der Waals surface area contributed by atoms with Crippen LogP contribution in [0, 0.1) is 22.7 Å². The van der Waals surface area contributed by atoms with Crippen molar-refractivity contribution < 1.29 is 0 Å². The maximum Gasteiger partial charge on any atom is 0.0684 e. The maximum absolute atomic E-state index is 8.93. The number of nitriles is 1. The summed E-state index contributed by atoms with van der Waals surface area (Å²) in [6.07, 6.45) is 7.94. The molecule has 2 heteroatoms. The first-order chi connectivity index (χ1) is 7.55. The summed E-state index contributed by atoms with van der Waals surface area (Å²) in [7, 11) is 0. The maximum atomic E-state index is 8.93. The summed E-state index contributed by atoms with van der Waals surface area (Å²) in [5, 5.41) is 12.5.